The molecule has 2 N–H and O–H groups in total. The number of aromatic amines is 1. The molecule has 0 atom stereocenters. The van der Waals surface area contributed by atoms with E-state index >= 15 is 0 Å². The van der Waals surface area contributed by atoms with E-state index in [1.165, 1.54) is 0 Å². The fourth-order valence-electron chi connectivity index (χ4n) is 4.17. The number of H-pyrrole nitrogens is 1. The number of carbonyl (C=O) groups is 2. The van der Waals surface area contributed by atoms with Crippen molar-refractivity contribution in [3.63, 3.8) is 0 Å². The average Bonchev–Trinajstić information content (AvgIpc) is 3.21. The Balaban J connectivity index is 1.32. The molecule has 4 aromatic rings. The number of hydrogen-bond acceptors (Lipinski definition) is 5. The maximum atomic E-state index is 12.0. The number of carbonyl (C=O) groups excluding carboxylic acids is 1. The molecule has 0 bridgehead atoms. The van der Waals surface area contributed by atoms with Gasteiger partial charge in [0.1, 0.15) is 6.10 Å². The van der Waals surface area contributed by atoms with Gasteiger partial charge >= 0.3 is 5.97 Å². The lowest BCUT2D eigenvalue weighted by Gasteiger charge is -2.34. The van der Waals surface area contributed by atoms with Crippen LogP contribution in [0.25, 0.3) is 33.5 Å². The number of aromatic nitrogens is 3. The molecule has 1 saturated carbocycles. The third kappa shape index (κ3) is 4.57. The zero-order valence-corrected chi connectivity index (χ0v) is 19.9. The quantitative estimate of drug-likeness (QED) is 0.398. The van der Waals surface area contributed by atoms with Gasteiger partial charge in [-0.05, 0) is 42.2 Å². The number of nitrogens with one attached hydrogen (secondary N) is 1. The first kappa shape index (κ1) is 22.9. The van der Waals surface area contributed by atoms with Crippen molar-refractivity contribution < 1.29 is 19.4 Å². The van der Waals surface area contributed by atoms with E-state index in [0.717, 1.165) is 16.7 Å². The number of ether oxygens (including phenoxy) is 1. The molecule has 1 aliphatic carbocycles. The molecule has 35 heavy (non-hydrogen) atoms. The Hall–Kier alpha value is -3.91. The van der Waals surface area contributed by atoms with E-state index in [0.29, 0.717) is 40.7 Å². The van der Waals surface area contributed by atoms with E-state index in [9.17, 15) is 9.59 Å². The largest absolute Gasteiger partial charge is 0.478 e. The number of halogens is 1. The highest BCUT2D eigenvalue weighted by Crippen LogP contribution is 2.34. The third-order valence-electron chi connectivity index (χ3n) is 6.19. The molecule has 0 radical (unpaired) electrons. The second-order valence-electron chi connectivity index (χ2n) is 8.83. The second kappa shape index (κ2) is 9.03. The molecule has 0 saturated heterocycles. The minimum absolute atomic E-state index is 0.00312. The van der Waals surface area contributed by atoms with Crippen molar-refractivity contribution in [2.24, 2.45) is 5.92 Å². The van der Waals surface area contributed by atoms with Crippen LogP contribution in [0.3, 0.4) is 0 Å². The summed E-state index contributed by atoms with van der Waals surface area (Å²) in [6, 6.07) is 16.6. The number of carboxylic acids is 1. The van der Waals surface area contributed by atoms with E-state index in [1.807, 2.05) is 24.3 Å². The maximum absolute atomic E-state index is 12.0. The molecule has 2 aromatic heterocycles. The molecule has 1 aliphatic rings. The lowest BCUT2D eigenvalue weighted by Crippen LogP contribution is -2.43. The van der Waals surface area contributed by atoms with Crippen molar-refractivity contribution in [1.29, 1.82) is 0 Å². The summed E-state index contributed by atoms with van der Waals surface area (Å²) in [7, 11) is 3.52. The predicted molar refractivity (Wildman–Crippen MR) is 133 cm³/mol. The van der Waals surface area contributed by atoms with Crippen molar-refractivity contribution in [3.05, 3.63) is 65.2 Å². The van der Waals surface area contributed by atoms with Crippen LogP contribution in [0.4, 0.5) is 0 Å². The molecular weight excluding hydrogens is 468 g/mol. The molecule has 0 aliphatic heterocycles. The van der Waals surface area contributed by atoms with Crippen LogP contribution in [0.5, 0.6) is 6.01 Å². The first-order valence-electron chi connectivity index (χ1n) is 11.2. The Kier molecular flexibility index (Phi) is 5.90. The van der Waals surface area contributed by atoms with Gasteiger partial charge in [0.2, 0.25) is 5.91 Å². The maximum Gasteiger partial charge on any atom is 0.335 e. The molecule has 2 aromatic carbocycles. The van der Waals surface area contributed by atoms with Gasteiger partial charge in [0, 0.05) is 25.6 Å². The lowest BCUT2D eigenvalue weighted by atomic mass is 9.81. The van der Waals surface area contributed by atoms with Crippen LogP contribution in [0.1, 0.15) is 23.2 Å². The minimum atomic E-state index is -0.953. The van der Waals surface area contributed by atoms with Crippen LogP contribution < -0.4 is 4.74 Å². The summed E-state index contributed by atoms with van der Waals surface area (Å²) in [6.45, 7) is 0. The van der Waals surface area contributed by atoms with E-state index < -0.39 is 5.97 Å². The van der Waals surface area contributed by atoms with Crippen molar-refractivity contribution in [3.8, 4) is 28.4 Å². The van der Waals surface area contributed by atoms with Gasteiger partial charge in [0.05, 0.1) is 21.8 Å². The van der Waals surface area contributed by atoms with E-state index in [2.05, 4.69) is 15.0 Å². The van der Waals surface area contributed by atoms with Crippen molar-refractivity contribution >= 4 is 34.6 Å². The molecule has 2 heterocycles. The molecule has 9 heteroatoms. The van der Waals surface area contributed by atoms with Crippen LogP contribution in [-0.2, 0) is 4.79 Å². The fourth-order valence-corrected chi connectivity index (χ4v) is 4.43. The summed E-state index contributed by atoms with van der Waals surface area (Å²) < 4.78 is 5.91. The highest BCUT2D eigenvalue weighted by atomic mass is 35.5. The third-order valence-corrected chi connectivity index (χ3v) is 6.48. The number of imidazole rings is 1. The van der Waals surface area contributed by atoms with Crippen molar-refractivity contribution in [2.45, 2.75) is 18.9 Å². The van der Waals surface area contributed by atoms with E-state index in [-0.39, 0.29) is 23.5 Å². The number of rotatable bonds is 6. The summed E-state index contributed by atoms with van der Waals surface area (Å²) in [6.07, 6.45) is 1.27. The second-order valence-corrected chi connectivity index (χ2v) is 9.24. The Labute approximate surface area is 206 Å². The van der Waals surface area contributed by atoms with Gasteiger partial charge in [-0.15, -0.1) is 0 Å². The fraction of sp³-hybridized carbons (Fsp3) is 0.231. The monoisotopic (exact) mass is 490 g/mol. The first-order chi connectivity index (χ1) is 16.8. The van der Waals surface area contributed by atoms with Crippen LogP contribution in [0.2, 0.25) is 5.02 Å². The van der Waals surface area contributed by atoms with E-state index in [1.54, 1.807) is 49.3 Å². The highest BCUT2D eigenvalue weighted by Gasteiger charge is 2.37. The molecule has 1 fully saturated rings. The van der Waals surface area contributed by atoms with Gasteiger partial charge in [-0.2, -0.15) is 4.98 Å². The Morgan fingerprint density at radius 1 is 1.00 bits per heavy atom. The number of nitrogens with zero attached hydrogens (tertiary/aromatic N) is 3. The Bertz CT molecular complexity index is 1410. The number of hydrogen-bond donors (Lipinski definition) is 2. The zero-order valence-electron chi connectivity index (χ0n) is 19.2. The molecule has 0 unspecified atom stereocenters. The standard InChI is InChI=1S/C26H23ClN4O4/c1-31(2)24(32)18-11-19(12-18)35-26-28-21-13-20(27)22(29-23(21)30-26)16-7-3-14(4-8-16)15-5-9-17(10-6-15)25(33)34/h3-10,13,18-19H,11-12H2,1-2H3,(H,33,34)(H,28,29,30). The zero-order chi connectivity index (χ0) is 24.7. The number of benzene rings is 2. The lowest BCUT2D eigenvalue weighted by molar-refractivity contribution is -0.139. The molecule has 178 valence electrons. The van der Waals surface area contributed by atoms with Gasteiger partial charge in [-0.3, -0.25) is 4.79 Å². The van der Waals surface area contributed by atoms with Crippen LogP contribution in [0.15, 0.2) is 54.6 Å². The summed E-state index contributed by atoms with van der Waals surface area (Å²) in [5, 5.41) is 9.55. The van der Waals surface area contributed by atoms with Crippen molar-refractivity contribution in [2.75, 3.05) is 14.1 Å². The average molecular weight is 491 g/mol. The molecule has 0 spiro atoms. The Morgan fingerprint density at radius 3 is 2.20 bits per heavy atom. The number of fused-ring (bicyclic) bond motifs is 1. The molecule has 1 amide bonds. The summed E-state index contributed by atoms with van der Waals surface area (Å²) in [4.78, 5) is 36.9. The smallest absolute Gasteiger partial charge is 0.335 e. The Morgan fingerprint density at radius 2 is 1.60 bits per heavy atom. The summed E-state index contributed by atoms with van der Waals surface area (Å²) >= 11 is 6.53. The highest BCUT2D eigenvalue weighted by molar-refractivity contribution is 6.33. The van der Waals surface area contributed by atoms with Crippen molar-refractivity contribution in [1.82, 2.24) is 19.9 Å². The van der Waals surface area contributed by atoms with E-state index in [4.69, 9.17) is 21.4 Å². The van der Waals surface area contributed by atoms with Gasteiger partial charge in [-0.25, -0.2) is 9.78 Å². The number of aromatic carboxylic acids is 1. The first-order valence-corrected chi connectivity index (χ1v) is 11.5. The van der Waals surface area contributed by atoms with Crippen LogP contribution >= 0.6 is 11.6 Å². The molecule has 5 rings (SSSR count). The SMILES string of the molecule is CN(C)C(=O)C1CC(Oc2nc3nc(-c4ccc(-c5ccc(C(=O)O)cc5)cc4)c(Cl)cc3[nH]2)C1. The normalized spacial score (nSPS) is 17.1. The van der Waals surface area contributed by atoms with Gasteiger partial charge in [0.25, 0.3) is 6.01 Å². The number of pyridine rings is 1. The molecular formula is C26H23ClN4O4. The number of carboxylic acid groups (broad SMARTS) is 1. The minimum Gasteiger partial charge on any atom is -0.478 e. The summed E-state index contributed by atoms with van der Waals surface area (Å²) in [5.74, 6) is -0.835. The predicted octanol–water partition coefficient (Wildman–Crippen LogP) is 4.89. The summed E-state index contributed by atoms with van der Waals surface area (Å²) in [5.41, 5.74) is 4.71. The van der Waals surface area contributed by atoms with Gasteiger partial charge in [0.15, 0.2) is 5.65 Å². The van der Waals surface area contributed by atoms with Crippen LogP contribution in [0, 0.1) is 5.92 Å². The topological polar surface area (TPSA) is 108 Å². The number of amides is 1. The van der Waals surface area contributed by atoms with Gasteiger partial charge < -0.3 is 19.7 Å². The van der Waals surface area contributed by atoms with Crippen LogP contribution in [-0.4, -0.2) is 57.0 Å². The molecule has 8 nitrogen and oxygen atoms in total. The van der Waals surface area contributed by atoms with Gasteiger partial charge in [-0.1, -0.05) is 48.0 Å².